The fourth-order valence-electron chi connectivity index (χ4n) is 7.72. The Labute approximate surface area is 162 Å². The van der Waals surface area contributed by atoms with Crippen LogP contribution in [0.2, 0.25) is 0 Å². The van der Waals surface area contributed by atoms with Gasteiger partial charge in [-0.1, -0.05) is 24.6 Å². The Balaban J connectivity index is 1.46. The van der Waals surface area contributed by atoms with Crippen molar-refractivity contribution >= 4 is 5.71 Å². The summed E-state index contributed by atoms with van der Waals surface area (Å²) in [4.78, 5) is 4.52. The van der Waals surface area contributed by atoms with Crippen molar-refractivity contribution in [2.24, 2.45) is 33.7 Å². The standard InChI is InChI=1S/C23H33N3O/c1-15-13-26(14-24-15)21-7-6-19-18-5-4-16-12-17(25-27)8-10-22(16,2)20(18)9-11-23(19,21)3/h12-14,18-21,27H,4-11H2,1-3H3/b25-17-/t18-,19-,20-,21?,22-,23-/m0/s1. The summed E-state index contributed by atoms with van der Waals surface area (Å²) < 4.78 is 2.43. The van der Waals surface area contributed by atoms with Gasteiger partial charge in [0.05, 0.1) is 17.7 Å². The molecule has 1 aromatic rings. The minimum Gasteiger partial charge on any atom is -0.411 e. The van der Waals surface area contributed by atoms with E-state index in [9.17, 15) is 5.21 Å². The van der Waals surface area contributed by atoms with Crippen LogP contribution in [0.25, 0.3) is 0 Å². The molecule has 146 valence electrons. The van der Waals surface area contributed by atoms with Crippen LogP contribution in [-0.4, -0.2) is 20.5 Å². The van der Waals surface area contributed by atoms with Gasteiger partial charge in [-0.2, -0.15) is 0 Å². The smallest absolute Gasteiger partial charge is 0.0952 e. The lowest BCUT2D eigenvalue weighted by Gasteiger charge is -2.58. The first kappa shape index (κ1) is 17.5. The van der Waals surface area contributed by atoms with Crippen LogP contribution in [0.1, 0.15) is 76.9 Å². The average molecular weight is 368 g/mol. The fraction of sp³-hybridized carbons (Fsp3) is 0.739. The maximum Gasteiger partial charge on any atom is 0.0952 e. The molecule has 0 amide bonds. The van der Waals surface area contributed by atoms with E-state index in [1.807, 2.05) is 0 Å². The second kappa shape index (κ2) is 5.96. The number of aromatic nitrogens is 2. The summed E-state index contributed by atoms with van der Waals surface area (Å²) in [6.45, 7) is 7.19. The van der Waals surface area contributed by atoms with Crippen molar-refractivity contribution in [2.45, 2.75) is 78.2 Å². The van der Waals surface area contributed by atoms with Crippen LogP contribution in [0.15, 0.2) is 29.3 Å². The summed E-state index contributed by atoms with van der Waals surface area (Å²) in [7, 11) is 0. The Bertz CT molecular complexity index is 808. The second-order valence-electron chi connectivity index (χ2n) is 10.2. The molecule has 4 heteroatoms. The number of rotatable bonds is 1. The fourth-order valence-corrected chi connectivity index (χ4v) is 7.72. The molecule has 0 radical (unpaired) electrons. The molecule has 1 unspecified atom stereocenters. The minimum atomic E-state index is 0.322. The van der Waals surface area contributed by atoms with Crippen molar-refractivity contribution in [2.75, 3.05) is 0 Å². The Hall–Kier alpha value is -1.58. The van der Waals surface area contributed by atoms with E-state index in [4.69, 9.17) is 0 Å². The monoisotopic (exact) mass is 367 g/mol. The van der Waals surface area contributed by atoms with Gasteiger partial charge >= 0.3 is 0 Å². The summed E-state index contributed by atoms with van der Waals surface area (Å²) in [6, 6.07) is 0.619. The first-order chi connectivity index (χ1) is 13.0. The molecule has 1 heterocycles. The molecular formula is C23H33N3O. The maximum atomic E-state index is 9.23. The number of fused-ring (bicyclic) bond motifs is 5. The van der Waals surface area contributed by atoms with Gasteiger partial charge in [0.2, 0.25) is 0 Å². The number of aryl methyl sites for hydroxylation is 1. The third-order valence-electron chi connectivity index (χ3n) is 9.15. The zero-order valence-electron chi connectivity index (χ0n) is 17.0. The van der Waals surface area contributed by atoms with Crippen LogP contribution in [0.5, 0.6) is 0 Å². The van der Waals surface area contributed by atoms with Crippen molar-refractivity contribution < 1.29 is 5.21 Å². The average Bonchev–Trinajstić information content (AvgIpc) is 3.23. The van der Waals surface area contributed by atoms with Crippen LogP contribution in [-0.2, 0) is 0 Å². The molecule has 27 heavy (non-hydrogen) atoms. The van der Waals surface area contributed by atoms with Crippen molar-refractivity contribution in [3.8, 4) is 0 Å². The van der Waals surface area contributed by atoms with Crippen LogP contribution in [0.4, 0.5) is 0 Å². The summed E-state index contributed by atoms with van der Waals surface area (Å²) in [5, 5.41) is 12.7. The van der Waals surface area contributed by atoms with Gasteiger partial charge in [-0.15, -0.1) is 0 Å². The lowest BCUT2D eigenvalue weighted by molar-refractivity contribution is -0.0466. The first-order valence-electron chi connectivity index (χ1n) is 10.9. The quantitative estimate of drug-likeness (QED) is 0.524. The van der Waals surface area contributed by atoms with E-state index < -0.39 is 0 Å². The molecule has 4 aliphatic carbocycles. The summed E-state index contributed by atoms with van der Waals surface area (Å²) in [6.07, 6.45) is 16.5. The van der Waals surface area contributed by atoms with Crippen LogP contribution >= 0.6 is 0 Å². The number of hydrogen-bond donors (Lipinski definition) is 1. The molecule has 6 atom stereocenters. The lowest BCUT2D eigenvalue weighted by atomic mass is 9.47. The Morgan fingerprint density at radius 3 is 2.70 bits per heavy atom. The van der Waals surface area contributed by atoms with Gasteiger partial charge in [-0.3, -0.25) is 0 Å². The predicted molar refractivity (Wildman–Crippen MR) is 107 cm³/mol. The Morgan fingerprint density at radius 2 is 1.96 bits per heavy atom. The molecule has 0 saturated heterocycles. The maximum absolute atomic E-state index is 9.23. The number of nitrogens with zero attached hydrogens (tertiary/aromatic N) is 3. The largest absolute Gasteiger partial charge is 0.411 e. The molecule has 0 aromatic carbocycles. The minimum absolute atomic E-state index is 0.322. The van der Waals surface area contributed by atoms with Crippen molar-refractivity contribution in [3.05, 3.63) is 29.9 Å². The molecule has 4 aliphatic rings. The van der Waals surface area contributed by atoms with Gasteiger partial charge in [-0.05, 0) is 93.0 Å². The van der Waals surface area contributed by atoms with Gasteiger partial charge < -0.3 is 9.77 Å². The number of hydrogen-bond acceptors (Lipinski definition) is 3. The highest BCUT2D eigenvalue weighted by Crippen LogP contribution is 2.67. The summed E-state index contributed by atoms with van der Waals surface area (Å²) in [5.41, 5.74) is 4.32. The molecule has 3 saturated carbocycles. The van der Waals surface area contributed by atoms with Crippen molar-refractivity contribution in [1.82, 2.24) is 9.55 Å². The molecule has 4 nitrogen and oxygen atoms in total. The lowest BCUT2D eigenvalue weighted by Crippen LogP contribution is -2.50. The number of oxime groups is 1. The van der Waals surface area contributed by atoms with E-state index in [2.05, 4.69) is 54.1 Å². The van der Waals surface area contributed by atoms with Gasteiger partial charge in [0.25, 0.3) is 0 Å². The normalized spacial score (nSPS) is 45.1. The van der Waals surface area contributed by atoms with Gasteiger partial charge in [0.1, 0.15) is 0 Å². The molecule has 0 bridgehead atoms. The third-order valence-corrected chi connectivity index (χ3v) is 9.15. The SMILES string of the molecule is Cc1cn(C2CC[C@H]3[C@@H]4CCC5=C/C(=N\O)CC[C@]5(C)[C@H]4CC[C@]23C)cn1. The zero-order valence-corrected chi connectivity index (χ0v) is 17.0. The number of imidazole rings is 1. The predicted octanol–water partition coefficient (Wildman–Crippen LogP) is 5.53. The Kier molecular flexibility index (Phi) is 3.86. The topological polar surface area (TPSA) is 50.4 Å². The van der Waals surface area contributed by atoms with E-state index in [1.165, 1.54) is 38.5 Å². The molecule has 5 rings (SSSR count). The highest BCUT2D eigenvalue weighted by molar-refractivity contribution is 5.96. The highest BCUT2D eigenvalue weighted by atomic mass is 16.4. The first-order valence-corrected chi connectivity index (χ1v) is 10.9. The molecule has 1 aromatic heterocycles. The van der Waals surface area contributed by atoms with Crippen molar-refractivity contribution in [3.63, 3.8) is 0 Å². The number of allylic oxidation sites excluding steroid dienone is 2. The van der Waals surface area contributed by atoms with Gasteiger partial charge in [0.15, 0.2) is 0 Å². The van der Waals surface area contributed by atoms with Gasteiger partial charge in [0, 0.05) is 12.2 Å². The van der Waals surface area contributed by atoms with Crippen LogP contribution in [0, 0.1) is 35.5 Å². The highest BCUT2D eigenvalue weighted by Gasteiger charge is 2.59. The van der Waals surface area contributed by atoms with Crippen LogP contribution in [0.3, 0.4) is 0 Å². The molecule has 3 fully saturated rings. The molecule has 1 N–H and O–H groups in total. The van der Waals surface area contributed by atoms with Gasteiger partial charge in [-0.25, -0.2) is 4.98 Å². The van der Waals surface area contributed by atoms with Crippen LogP contribution < -0.4 is 0 Å². The second-order valence-corrected chi connectivity index (χ2v) is 10.2. The Morgan fingerprint density at radius 1 is 1.11 bits per heavy atom. The van der Waals surface area contributed by atoms with E-state index in [1.54, 1.807) is 5.57 Å². The van der Waals surface area contributed by atoms with E-state index >= 15 is 0 Å². The van der Waals surface area contributed by atoms with Crippen molar-refractivity contribution in [1.29, 1.82) is 0 Å². The summed E-state index contributed by atoms with van der Waals surface area (Å²) >= 11 is 0. The van der Waals surface area contributed by atoms with E-state index in [0.717, 1.165) is 42.0 Å². The van der Waals surface area contributed by atoms with E-state index in [0.29, 0.717) is 16.9 Å². The third kappa shape index (κ3) is 2.41. The molecular weight excluding hydrogens is 334 g/mol. The molecule has 0 spiro atoms. The van der Waals surface area contributed by atoms with E-state index in [-0.39, 0.29) is 0 Å². The zero-order chi connectivity index (χ0) is 18.8. The molecule has 0 aliphatic heterocycles. The summed E-state index contributed by atoms with van der Waals surface area (Å²) in [5.74, 6) is 2.50.